The van der Waals surface area contributed by atoms with E-state index < -0.39 is 11.2 Å². The lowest BCUT2D eigenvalue weighted by atomic mass is 10.1. The second-order valence-electron chi connectivity index (χ2n) is 5.23. The topological polar surface area (TPSA) is 58.6 Å². The molecule has 0 spiro atoms. The fourth-order valence-corrected chi connectivity index (χ4v) is 4.46. The number of allylic oxidation sites excluding steroid dienone is 1. The van der Waals surface area contributed by atoms with Crippen molar-refractivity contribution in [3.63, 3.8) is 0 Å². The first kappa shape index (κ1) is 19.4. The predicted molar refractivity (Wildman–Crippen MR) is 104 cm³/mol. The fraction of sp³-hybridized carbons (Fsp3) is 0.211. The van der Waals surface area contributed by atoms with Gasteiger partial charge in [0.2, 0.25) is 0 Å². The number of ether oxygens (including phenoxy) is 1. The number of thioether (sulfide) groups is 2. The summed E-state index contributed by atoms with van der Waals surface area (Å²) in [6, 6.07) is 15.3. The van der Waals surface area contributed by atoms with Crippen LogP contribution in [0.25, 0.3) is 0 Å². The van der Waals surface area contributed by atoms with Crippen molar-refractivity contribution in [3.05, 3.63) is 70.0 Å². The number of hydrogen-bond donors (Lipinski definition) is 2. The summed E-state index contributed by atoms with van der Waals surface area (Å²) in [6.07, 6.45) is 1.97. The van der Waals surface area contributed by atoms with Crippen molar-refractivity contribution in [2.45, 2.75) is 24.0 Å². The van der Waals surface area contributed by atoms with Gasteiger partial charge in [0.1, 0.15) is 11.0 Å². The van der Waals surface area contributed by atoms with Gasteiger partial charge >= 0.3 is 0 Å². The van der Waals surface area contributed by atoms with E-state index in [0.717, 1.165) is 26.0 Å². The summed E-state index contributed by atoms with van der Waals surface area (Å²) in [5.74, 6) is 0.376. The van der Waals surface area contributed by atoms with Crippen LogP contribution in [0.2, 0.25) is 0 Å². The molecule has 25 heavy (non-hydrogen) atoms. The third-order valence-electron chi connectivity index (χ3n) is 3.51. The molecule has 0 aromatic heterocycles. The number of aryl methyl sites for hydroxylation is 1. The van der Waals surface area contributed by atoms with Gasteiger partial charge in [-0.2, -0.15) is 0 Å². The molecule has 0 saturated carbocycles. The predicted octanol–water partition coefficient (Wildman–Crippen LogP) is 4.94. The summed E-state index contributed by atoms with van der Waals surface area (Å²) >= 11 is 3.00. The molecule has 2 N–H and O–H groups in total. The largest absolute Gasteiger partial charge is 0.497 e. The van der Waals surface area contributed by atoms with Gasteiger partial charge < -0.3 is 4.74 Å². The molecule has 0 saturated heterocycles. The summed E-state index contributed by atoms with van der Waals surface area (Å²) in [5, 5.41) is 8.57. The van der Waals surface area contributed by atoms with Crippen molar-refractivity contribution in [2.75, 3.05) is 7.11 Å². The Labute approximate surface area is 156 Å². The molecule has 0 aliphatic carbocycles. The molecule has 6 heteroatoms. The van der Waals surface area contributed by atoms with Crippen LogP contribution in [0.5, 0.6) is 5.75 Å². The van der Waals surface area contributed by atoms with E-state index in [1.807, 2.05) is 68.5 Å². The van der Waals surface area contributed by atoms with Crippen LogP contribution in [0.3, 0.4) is 0 Å². The maximum atomic E-state index is 12.1. The van der Waals surface area contributed by atoms with E-state index in [-0.39, 0.29) is 0 Å². The number of hydrogen-bond acceptors (Lipinski definition) is 5. The Kier molecular flexibility index (Phi) is 7.43. The second-order valence-corrected chi connectivity index (χ2v) is 7.71. The monoisotopic (exact) mass is 375 g/mol. The normalized spacial score (nSPS) is 12.6. The molecule has 1 unspecified atom stereocenters. The Bertz CT molecular complexity index is 748. The van der Waals surface area contributed by atoms with E-state index in [1.165, 1.54) is 11.8 Å². The average Bonchev–Trinajstić information content (AvgIpc) is 2.66. The minimum Gasteiger partial charge on any atom is -0.497 e. The molecule has 0 bridgehead atoms. The van der Waals surface area contributed by atoms with Crippen molar-refractivity contribution < 1.29 is 14.7 Å². The zero-order valence-electron chi connectivity index (χ0n) is 14.4. The Hall–Kier alpha value is -1.89. The molecule has 2 aromatic carbocycles. The smallest absolute Gasteiger partial charge is 0.261 e. The highest BCUT2D eigenvalue weighted by Crippen LogP contribution is 2.44. The summed E-state index contributed by atoms with van der Waals surface area (Å²) in [6.45, 7) is 3.96. The van der Waals surface area contributed by atoms with Crippen LogP contribution in [-0.4, -0.2) is 18.2 Å². The lowest BCUT2D eigenvalue weighted by Gasteiger charge is -2.17. The van der Waals surface area contributed by atoms with Crippen molar-refractivity contribution in [2.24, 2.45) is 0 Å². The van der Waals surface area contributed by atoms with E-state index in [1.54, 1.807) is 24.4 Å². The van der Waals surface area contributed by atoms with Gasteiger partial charge in [0.25, 0.3) is 5.91 Å². The number of hydroxylamine groups is 1. The molecule has 0 heterocycles. The SMILES string of the molecule is C/C=C(/Sc1ccc(OC)cc1C)SC(C(=O)NO)c1ccccc1. The van der Waals surface area contributed by atoms with Crippen molar-refractivity contribution in [3.8, 4) is 5.75 Å². The van der Waals surface area contributed by atoms with E-state index in [0.29, 0.717) is 0 Å². The zero-order valence-corrected chi connectivity index (χ0v) is 16.0. The van der Waals surface area contributed by atoms with E-state index in [2.05, 4.69) is 0 Å². The highest BCUT2D eigenvalue weighted by atomic mass is 32.2. The van der Waals surface area contributed by atoms with Gasteiger partial charge in [-0.25, -0.2) is 5.48 Å². The van der Waals surface area contributed by atoms with Crippen molar-refractivity contribution >= 4 is 29.4 Å². The number of nitrogens with one attached hydrogen (secondary N) is 1. The van der Waals surface area contributed by atoms with Crippen LogP contribution < -0.4 is 10.2 Å². The Morgan fingerprint density at radius 1 is 1.24 bits per heavy atom. The molecule has 0 fully saturated rings. The van der Waals surface area contributed by atoms with Gasteiger partial charge in [0.15, 0.2) is 0 Å². The Morgan fingerprint density at radius 3 is 2.52 bits per heavy atom. The molecule has 0 aliphatic rings. The summed E-state index contributed by atoms with van der Waals surface area (Å²) in [4.78, 5) is 13.2. The van der Waals surface area contributed by atoms with E-state index in [9.17, 15) is 4.79 Å². The quantitative estimate of drug-likeness (QED) is 0.408. The summed E-state index contributed by atoms with van der Waals surface area (Å²) in [5.41, 5.74) is 3.71. The molecular formula is C19H21NO3S2. The van der Waals surface area contributed by atoms with Crippen LogP contribution in [0.4, 0.5) is 0 Å². The maximum Gasteiger partial charge on any atom is 0.261 e. The van der Waals surface area contributed by atoms with Gasteiger partial charge in [-0.05, 0) is 43.2 Å². The third-order valence-corrected chi connectivity index (χ3v) is 6.36. The molecular weight excluding hydrogens is 354 g/mol. The highest BCUT2D eigenvalue weighted by Gasteiger charge is 2.23. The molecule has 132 valence electrons. The maximum absolute atomic E-state index is 12.1. The summed E-state index contributed by atoms with van der Waals surface area (Å²) in [7, 11) is 1.65. The van der Waals surface area contributed by atoms with Crippen LogP contribution in [0, 0.1) is 6.92 Å². The fourth-order valence-electron chi connectivity index (χ4n) is 2.20. The van der Waals surface area contributed by atoms with E-state index >= 15 is 0 Å². The van der Waals surface area contributed by atoms with Crippen LogP contribution >= 0.6 is 23.5 Å². The number of benzene rings is 2. The first-order valence-corrected chi connectivity index (χ1v) is 9.43. The number of amides is 1. The highest BCUT2D eigenvalue weighted by molar-refractivity contribution is 8.22. The molecule has 2 rings (SSSR count). The summed E-state index contributed by atoms with van der Waals surface area (Å²) < 4.78 is 6.22. The molecule has 2 aromatic rings. The molecule has 0 aliphatic heterocycles. The van der Waals surface area contributed by atoms with Gasteiger partial charge in [0, 0.05) is 9.13 Å². The van der Waals surface area contributed by atoms with Gasteiger partial charge in [-0.15, -0.1) is 11.8 Å². The first-order chi connectivity index (χ1) is 12.1. The lowest BCUT2D eigenvalue weighted by molar-refractivity contribution is -0.128. The lowest BCUT2D eigenvalue weighted by Crippen LogP contribution is -2.24. The zero-order chi connectivity index (χ0) is 18.2. The van der Waals surface area contributed by atoms with Gasteiger partial charge in [-0.1, -0.05) is 48.2 Å². The Balaban J connectivity index is 2.20. The number of carbonyl (C=O) groups excluding carboxylic acids is 1. The van der Waals surface area contributed by atoms with Crippen LogP contribution in [0.15, 0.2) is 63.7 Å². The average molecular weight is 376 g/mol. The van der Waals surface area contributed by atoms with Crippen LogP contribution in [-0.2, 0) is 4.79 Å². The van der Waals surface area contributed by atoms with Crippen LogP contribution in [0.1, 0.15) is 23.3 Å². The first-order valence-electron chi connectivity index (χ1n) is 7.73. The van der Waals surface area contributed by atoms with E-state index in [4.69, 9.17) is 9.94 Å². The number of carbonyl (C=O) groups is 1. The Morgan fingerprint density at radius 2 is 1.96 bits per heavy atom. The molecule has 0 radical (unpaired) electrons. The minimum atomic E-state index is -0.525. The molecule has 1 atom stereocenters. The molecule has 1 amide bonds. The molecule has 4 nitrogen and oxygen atoms in total. The van der Waals surface area contributed by atoms with Gasteiger partial charge in [0.05, 0.1) is 7.11 Å². The third kappa shape index (κ3) is 5.29. The number of methoxy groups -OCH3 is 1. The van der Waals surface area contributed by atoms with Crippen molar-refractivity contribution in [1.29, 1.82) is 0 Å². The van der Waals surface area contributed by atoms with Crippen molar-refractivity contribution in [1.82, 2.24) is 5.48 Å². The van der Waals surface area contributed by atoms with Gasteiger partial charge in [-0.3, -0.25) is 10.0 Å². The minimum absolute atomic E-state index is 0.442. The second kappa shape index (κ2) is 9.56. The standard InChI is InChI=1S/C19H21NO3S2/c1-4-17(24-16-11-10-15(23-3)12-13(16)2)25-18(19(21)20-22)14-8-6-5-7-9-14/h4-12,18,22H,1-3H3,(H,20,21)/b17-4-. The number of rotatable bonds is 7.